The maximum Gasteiger partial charge on any atom is 0.0216 e. The van der Waals surface area contributed by atoms with Gasteiger partial charge in [-0.1, -0.05) is 44.6 Å². The van der Waals surface area contributed by atoms with Crippen LogP contribution in [-0.2, 0) is 6.42 Å². The normalized spacial score (nSPS) is 19.6. The largest absolute Gasteiger partial charge is 0.271 e. The summed E-state index contributed by atoms with van der Waals surface area (Å²) in [5.74, 6) is 6.62. The number of thiophene rings is 1. The maximum atomic E-state index is 5.72. The number of rotatable bonds is 6. The predicted molar refractivity (Wildman–Crippen MR) is 79.6 cm³/mol. The minimum atomic E-state index is 0.496. The van der Waals surface area contributed by atoms with Crippen LogP contribution in [0.5, 0.6) is 0 Å². The first kappa shape index (κ1) is 14.0. The van der Waals surface area contributed by atoms with Crippen molar-refractivity contribution in [1.82, 2.24) is 5.43 Å². The van der Waals surface area contributed by atoms with E-state index in [-0.39, 0.29) is 0 Å². The molecule has 0 aromatic carbocycles. The molecule has 1 fully saturated rings. The lowest BCUT2D eigenvalue weighted by atomic mass is 9.91. The van der Waals surface area contributed by atoms with E-state index in [9.17, 15) is 0 Å². The molecular formula is C15H26N2S. The molecule has 2 nitrogen and oxygen atoms in total. The van der Waals surface area contributed by atoms with Gasteiger partial charge in [-0.2, -0.15) is 0 Å². The van der Waals surface area contributed by atoms with Crippen LogP contribution >= 0.6 is 11.3 Å². The summed E-state index contributed by atoms with van der Waals surface area (Å²) >= 11 is 1.86. The van der Waals surface area contributed by atoms with Crippen LogP contribution in [-0.4, -0.2) is 6.04 Å². The van der Waals surface area contributed by atoms with E-state index in [2.05, 4.69) is 22.9 Å². The molecule has 0 spiro atoms. The Morgan fingerprint density at radius 3 is 2.67 bits per heavy atom. The number of hydrogen-bond donors (Lipinski definition) is 2. The van der Waals surface area contributed by atoms with Gasteiger partial charge in [-0.15, -0.1) is 11.3 Å². The Morgan fingerprint density at radius 2 is 2.06 bits per heavy atom. The number of nitrogens with two attached hydrogens (primary N) is 1. The fraction of sp³-hybridized carbons (Fsp3) is 0.733. The van der Waals surface area contributed by atoms with Gasteiger partial charge in [0.25, 0.3) is 0 Å². The van der Waals surface area contributed by atoms with E-state index < -0.39 is 0 Å². The average molecular weight is 266 g/mol. The van der Waals surface area contributed by atoms with Crippen molar-refractivity contribution in [2.45, 2.75) is 63.8 Å². The van der Waals surface area contributed by atoms with Gasteiger partial charge in [0, 0.05) is 10.9 Å². The second-order valence-electron chi connectivity index (χ2n) is 5.57. The quantitative estimate of drug-likeness (QED) is 0.466. The molecule has 1 aromatic rings. The molecule has 18 heavy (non-hydrogen) atoms. The Balaban J connectivity index is 1.73. The molecule has 1 aromatic heterocycles. The Morgan fingerprint density at radius 1 is 1.28 bits per heavy atom. The molecule has 1 heterocycles. The molecule has 1 atom stereocenters. The summed E-state index contributed by atoms with van der Waals surface area (Å²) in [4.78, 5) is 1.48. The van der Waals surface area contributed by atoms with Crippen LogP contribution < -0.4 is 11.3 Å². The van der Waals surface area contributed by atoms with Crippen molar-refractivity contribution < 1.29 is 0 Å². The van der Waals surface area contributed by atoms with Crippen LogP contribution in [0.15, 0.2) is 17.5 Å². The van der Waals surface area contributed by atoms with Crippen LogP contribution in [0.25, 0.3) is 0 Å². The van der Waals surface area contributed by atoms with E-state index in [1.54, 1.807) is 0 Å². The first-order valence-corrected chi connectivity index (χ1v) is 8.25. The van der Waals surface area contributed by atoms with Gasteiger partial charge in [-0.25, -0.2) is 0 Å². The SMILES string of the molecule is NNC(CCc1cccs1)CC1CCCCCC1. The van der Waals surface area contributed by atoms with E-state index in [1.807, 2.05) is 11.3 Å². The highest BCUT2D eigenvalue weighted by Gasteiger charge is 2.17. The van der Waals surface area contributed by atoms with Crippen molar-refractivity contribution in [2.24, 2.45) is 11.8 Å². The minimum absolute atomic E-state index is 0.496. The zero-order chi connectivity index (χ0) is 12.6. The summed E-state index contributed by atoms with van der Waals surface area (Å²) in [7, 11) is 0. The summed E-state index contributed by atoms with van der Waals surface area (Å²) in [6.45, 7) is 0. The molecule has 0 aliphatic heterocycles. The molecule has 3 heteroatoms. The van der Waals surface area contributed by atoms with Crippen LogP contribution in [0, 0.1) is 5.92 Å². The van der Waals surface area contributed by atoms with Gasteiger partial charge >= 0.3 is 0 Å². The second-order valence-corrected chi connectivity index (χ2v) is 6.61. The van der Waals surface area contributed by atoms with Gasteiger partial charge in [0.15, 0.2) is 0 Å². The Hall–Kier alpha value is -0.380. The Bertz CT molecular complexity index is 302. The van der Waals surface area contributed by atoms with Crippen LogP contribution in [0.1, 0.15) is 56.2 Å². The van der Waals surface area contributed by atoms with Gasteiger partial charge < -0.3 is 0 Å². The van der Waals surface area contributed by atoms with Crippen molar-refractivity contribution in [1.29, 1.82) is 0 Å². The first-order valence-electron chi connectivity index (χ1n) is 7.37. The standard InChI is InChI=1S/C15H26N2S/c16-17-14(9-10-15-8-5-11-18-15)12-13-6-3-1-2-4-7-13/h5,8,11,13-14,17H,1-4,6-7,9-10,12,16H2. The minimum Gasteiger partial charge on any atom is -0.271 e. The van der Waals surface area contributed by atoms with Gasteiger partial charge in [0.05, 0.1) is 0 Å². The summed E-state index contributed by atoms with van der Waals surface area (Å²) in [5.41, 5.74) is 3.04. The van der Waals surface area contributed by atoms with Gasteiger partial charge in [0.1, 0.15) is 0 Å². The summed E-state index contributed by atoms with van der Waals surface area (Å²) < 4.78 is 0. The third kappa shape index (κ3) is 4.71. The zero-order valence-electron chi connectivity index (χ0n) is 11.2. The van der Waals surface area contributed by atoms with Crippen LogP contribution in [0.2, 0.25) is 0 Å². The van der Waals surface area contributed by atoms with E-state index >= 15 is 0 Å². The molecule has 0 bridgehead atoms. The number of hydrazine groups is 1. The molecule has 1 aliphatic rings. The van der Waals surface area contributed by atoms with Gasteiger partial charge in [-0.05, 0) is 36.6 Å². The van der Waals surface area contributed by atoms with Crippen molar-refractivity contribution in [3.63, 3.8) is 0 Å². The fourth-order valence-corrected chi connectivity index (χ4v) is 3.77. The molecule has 0 saturated heterocycles. The molecule has 1 aliphatic carbocycles. The van der Waals surface area contributed by atoms with E-state index in [0.717, 1.165) is 5.92 Å². The summed E-state index contributed by atoms with van der Waals surface area (Å²) in [6, 6.07) is 4.86. The smallest absolute Gasteiger partial charge is 0.0216 e. The summed E-state index contributed by atoms with van der Waals surface area (Å²) in [5, 5.41) is 2.16. The van der Waals surface area contributed by atoms with Crippen molar-refractivity contribution in [3.8, 4) is 0 Å². The highest BCUT2D eigenvalue weighted by atomic mass is 32.1. The Labute approximate surface area is 115 Å². The van der Waals surface area contributed by atoms with Crippen molar-refractivity contribution in [2.75, 3.05) is 0 Å². The van der Waals surface area contributed by atoms with Crippen molar-refractivity contribution in [3.05, 3.63) is 22.4 Å². The molecular weight excluding hydrogens is 240 g/mol. The maximum absolute atomic E-state index is 5.72. The van der Waals surface area contributed by atoms with Gasteiger partial charge in [-0.3, -0.25) is 11.3 Å². The lowest BCUT2D eigenvalue weighted by Gasteiger charge is -2.21. The third-order valence-corrected chi connectivity index (χ3v) is 5.08. The van der Waals surface area contributed by atoms with E-state index in [4.69, 9.17) is 5.84 Å². The average Bonchev–Trinajstić information content (AvgIpc) is 2.78. The second kappa shape index (κ2) is 7.93. The lowest BCUT2D eigenvalue weighted by molar-refractivity contribution is 0.342. The molecule has 3 N–H and O–H groups in total. The highest BCUT2D eigenvalue weighted by Crippen LogP contribution is 2.27. The predicted octanol–water partition coefficient (Wildman–Crippen LogP) is 3.87. The topological polar surface area (TPSA) is 38.0 Å². The molecule has 0 amide bonds. The number of hydrogen-bond acceptors (Lipinski definition) is 3. The van der Waals surface area contributed by atoms with Gasteiger partial charge in [0.2, 0.25) is 0 Å². The van der Waals surface area contributed by atoms with E-state index in [0.29, 0.717) is 6.04 Å². The van der Waals surface area contributed by atoms with Crippen LogP contribution in [0.4, 0.5) is 0 Å². The number of nitrogens with one attached hydrogen (secondary N) is 1. The molecule has 0 radical (unpaired) electrons. The monoisotopic (exact) mass is 266 g/mol. The lowest BCUT2D eigenvalue weighted by Crippen LogP contribution is -2.37. The fourth-order valence-electron chi connectivity index (χ4n) is 3.04. The van der Waals surface area contributed by atoms with E-state index in [1.165, 1.54) is 62.7 Å². The molecule has 102 valence electrons. The Kier molecular flexibility index (Phi) is 6.18. The molecule has 1 unspecified atom stereocenters. The molecule has 2 rings (SSSR count). The zero-order valence-corrected chi connectivity index (χ0v) is 12.1. The third-order valence-electron chi connectivity index (χ3n) is 4.15. The van der Waals surface area contributed by atoms with Crippen LogP contribution in [0.3, 0.4) is 0 Å². The first-order chi connectivity index (χ1) is 8.88. The summed E-state index contributed by atoms with van der Waals surface area (Å²) in [6.07, 6.45) is 12.2. The molecule has 1 saturated carbocycles. The number of aryl methyl sites for hydroxylation is 1. The highest BCUT2D eigenvalue weighted by molar-refractivity contribution is 7.09. The van der Waals surface area contributed by atoms with Crippen molar-refractivity contribution >= 4 is 11.3 Å².